The van der Waals surface area contributed by atoms with Crippen molar-refractivity contribution in [2.45, 2.75) is 13.1 Å². The van der Waals surface area contributed by atoms with E-state index in [0.717, 1.165) is 6.07 Å². The molecule has 1 fully saturated rings. The average Bonchev–Trinajstić information content (AvgIpc) is 2.38. The quantitative estimate of drug-likeness (QED) is 0.842. The minimum absolute atomic E-state index is 0.110. The van der Waals surface area contributed by atoms with Gasteiger partial charge in [-0.1, -0.05) is 0 Å². The third-order valence-electron chi connectivity index (χ3n) is 3.01. The van der Waals surface area contributed by atoms with E-state index in [9.17, 15) is 18.0 Å². The molecule has 1 aliphatic rings. The van der Waals surface area contributed by atoms with Crippen LogP contribution in [-0.4, -0.2) is 42.0 Å². The summed E-state index contributed by atoms with van der Waals surface area (Å²) < 4.78 is 37.5. The van der Waals surface area contributed by atoms with Gasteiger partial charge in [0.15, 0.2) is 0 Å². The Morgan fingerprint density at radius 2 is 1.95 bits per heavy atom. The summed E-state index contributed by atoms with van der Waals surface area (Å²) in [4.78, 5) is 17.2. The number of pyridine rings is 1. The molecule has 1 N–H and O–H groups in total. The molecule has 0 aliphatic carbocycles. The Bertz CT molecular complexity index is 482. The average molecular weight is 273 g/mol. The maximum absolute atomic E-state index is 12.5. The normalized spacial score (nSPS) is 16.5. The number of rotatable bonds is 1. The van der Waals surface area contributed by atoms with Crippen LogP contribution >= 0.6 is 0 Å². The van der Waals surface area contributed by atoms with Gasteiger partial charge in [0, 0.05) is 26.2 Å². The topological polar surface area (TPSA) is 45.2 Å². The van der Waals surface area contributed by atoms with Crippen LogP contribution in [0.3, 0.4) is 0 Å². The van der Waals surface area contributed by atoms with E-state index in [0.29, 0.717) is 26.2 Å². The summed E-state index contributed by atoms with van der Waals surface area (Å²) in [6.45, 7) is 3.92. The van der Waals surface area contributed by atoms with Crippen molar-refractivity contribution in [2.75, 3.05) is 26.2 Å². The number of aromatic nitrogens is 1. The molecule has 1 aromatic rings. The lowest BCUT2D eigenvalue weighted by Crippen LogP contribution is -2.46. The molecule has 1 amide bonds. The summed E-state index contributed by atoms with van der Waals surface area (Å²) in [5.41, 5.74) is -0.630. The van der Waals surface area contributed by atoms with Gasteiger partial charge in [0.2, 0.25) is 0 Å². The Kier molecular flexibility index (Phi) is 3.75. The van der Waals surface area contributed by atoms with Gasteiger partial charge in [-0.25, -0.2) is 4.98 Å². The third-order valence-corrected chi connectivity index (χ3v) is 3.01. The highest BCUT2D eigenvalue weighted by Crippen LogP contribution is 2.28. The highest BCUT2D eigenvalue weighted by atomic mass is 19.4. The van der Waals surface area contributed by atoms with Gasteiger partial charge in [0.05, 0.1) is 11.3 Å². The maximum Gasteiger partial charge on any atom is 0.433 e. The second-order valence-electron chi connectivity index (χ2n) is 4.37. The molecule has 7 heteroatoms. The summed E-state index contributed by atoms with van der Waals surface area (Å²) in [7, 11) is 0. The van der Waals surface area contributed by atoms with E-state index in [4.69, 9.17) is 0 Å². The molecule has 1 saturated heterocycles. The summed E-state index contributed by atoms with van der Waals surface area (Å²) in [5.74, 6) is -0.264. The number of nitrogens with zero attached hydrogens (tertiary/aromatic N) is 2. The zero-order valence-electron chi connectivity index (χ0n) is 10.4. The van der Waals surface area contributed by atoms with E-state index < -0.39 is 11.9 Å². The van der Waals surface area contributed by atoms with Crippen molar-refractivity contribution in [2.24, 2.45) is 0 Å². The summed E-state index contributed by atoms with van der Waals surface area (Å²) in [5, 5.41) is 3.11. The van der Waals surface area contributed by atoms with Crippen LogP contribution in [0.4, 0.5) is 13.2 Å². The molecule has 2 heterocycles. The molecule has 0 unspecified atom stereocenters. The molecule has 19 heavy (non-hydrogen) atoms. The Hall–Kier alpha value is -1.63. The van der Waals surface area contributed by atoms with E-state index in [2.05, 4.69) is 10.3 Å². The number of aryl methyl sites for hydroxylation is 1. The Labute approximate surface area is 108 Å². The van der Waals surface area contributed by atoms with Gasteiger partial charge < -0.3 is 10.2 Å². The molecule has 0 bridgehead atoms. The maximum atomic E-state index is 12.5. The van der Waals surface area contributed by atoms with Gasteiger partial charge in [-0.15, -0.1) is 0 Å². The lowest BCUT2D eigenvalue weighted by atomic mass is 10.1. The number of halogens is 3. The smallest absolute Gasteiger partial charge is 0.336 e. The van der Waals surface area contributed by atoms with E-state index in [1.54, 1.807) is 4.90 Å². The number of amides is 1. The van der Waals surface area contributed by atoms with Crippen molar-refractivity contribution in [1.82, 2.24) is 15.2 Å². The SMILES string of the molecule is Cc1nc(C(F)(F)F)ccc1C(=O)N1CCNCC1. The second kappa shape index (κ2) is 5.16. The van der Waals surface area contributed by atoms with Crippen LogP contribution in [0.25, 0.3) is 0 Å². The molecule has 0 atom stereocenters. The number of piperazine rings is 1. The lowest BCUT2D eigenvalue weighted by molar-refractivity contribution is -0.141. The van der Waals surface area contributed by atoms with Crippen LogP contribution in [0.2, 0.25) is 0 Å². The van der Waals surface area contributed by atoms with E-state index in [1.807, 2.05) is 0 Å². The molecule has 0 radical (unpaired) electrons. The van der Waals surface area contributed by atoms with Crippen LogP contribution in [0.5, 0.6) is 0 Å². The molecule has 2 rings (SSSR count). The first-order valence-corrected chi connectivity index (χ1v) is 5.94. The highest BCUT2D eigenvalue weighted by molar-refractivity contribution is 5.95. The van der Waals surface area contributed by atoms with Gasteiger partial charge >= 0.3 is 6.18 Å². The van der Waals surface area contributed by atoms with Crippen molar-refractivity contribution < 1.29 is 18.0 Å². The van der Waals surface area contributed by atoms with E-state index in [1.165, 1.54) is 13.0 Å². The van der Waals surface area contributed by atoms with E-state index in [-0.39, 0.29) is 17.2 Å². The molecular formula is C12H14F3N3O. The van der Waals surface area contributed by atoms with Crippen LogP contribution in [0.15, 0.2) is 12.1 Å². The lowest BCUT2D eigenvalue weighted by Gasteiger charge is -2.27. The zero-order valence-corrected chi connectivity index (χ0v) is 10.4. The number of carbonyl (C=O) groups excluding carboxylic acids is 1. The van der Waals surface area contributed by atoms with Crippen molar-refractivity contribution in [3.8, 4) is 0 Å². The number of nitrogens with one attached hydrogen (secondary N) is 1. The first-order valence-electron chi connectivity index (χ1n) is 5.94. The van der Waals surface area contributed by atoms with Crippen LogP contribution in [0, 0.1) is 6.92 Å². The Morgan fingerprint density at radius 3 is 2.47 bits per heavy atom. The van der Waals surface area contributed by atoms with Crippen LogP contribution in [-0.2, 0) is 6.18 Å². The fourth-order valence-electron chi connectivity index (χ4n) is 1.98. The number of hydrogen-bond donors (Lipinski definition) is 1. The van der Waals surface area contributed by atoms with Crippen molar-refractivity contribution >= 4 is 5.91 Å². The van der Waals surface area contributed by atoms with Gasteiger partial charge in [-0.05, 0) is 19.1 Å². The highest BCUT2D eigenvalue weighted by Gasteiger charge is 2.33. The standard InChI is InChI=1S/C12H14F3N3O/c1-8-9(2-3-10(17-8)12(13,14)15)11(19)18-6-4-16-5-7-18/h2-3,16H,4-7H2,1H3. The molecule has 0 saturated carbocycles. The summed E-state index contributed by atoms with van der Waals surface area (Å²) >= 11 is 0. The molecule has 0 spiro atoms. The Balaban J connectivity index is 2.23. The molecular weight excluding hydrogens is 259 g/mol. The first-order chi connectivity index (χ1) is 8.89. The van der Waals surface area contributed by atoms with Crippen LogP contribution in [0.1, 0.15) is 21.7 Å². The van der Waals surface area contributed by atoms with Gasteiger partial charge in [-0.2, -0.15) is 13.2 Å². The Morgan fingerprint density at radius 1 is 1.32 bits per heavy atom. The molecule has 1 aromatic heterocycles. The van der Waals surface area contributed by atoms with Crippen molar-refractivity contribution in [1.29, 1.82) is 0 Å². The van der Waals surface area contributed by atoms with Crippen LogP contribution < -0.4 is 5.32 Å². The largest absolute Gasteiger partial charge is 0.433 e. The number of carbonyl (C=O) groups is 1. The molecule has 104 valence electrons. The predicted octanol–water partition coefficient (Wildman–Crippen LogP) is 1.45. The van der Waals surface area contributed by atoms with Gasteiger partial charge in [0.1, 0.15) is 5.69 Å². The van der Waals surface area contributed by atoms with Crippen molar-refractivity contribution in [3.63, 3.8) is 0 Å². The fourth-order valence-corrected chi connectivity index (χ4v) is 1.98. The number of hydrogen-bond acceptors (Lipinski definition) is 3. The summed E-state index contributed by atoms with van der Waals surface area (Å²) in [6.07, 6.45) is -4.48. The molecule has 4 nitrogen and oxygen atoms in total. The molecule has 1 aliphatic heterocycles. The summed E-state index contributed by atoms with van der Waals surface area (Å²) in [6, 6.07) is 2.05. The van der Waals surface area contributed by atoms with E-state index >= 15 is 0 Å². The van der Waals surface area contributed by atoms with Gasteiger partial charge in [-0.3, -0.25) is 4.79 Å². The third kappa shape index (κ3) is 3.04. The zero-order chi connectivity index (χ0) is 14.0. The fraction of sp³-hybridized carbons (Fsp3) is 0.500. The minimum Gasteiger partial charge on any atom is -0.336 e. The molecule has 0 aromatic carbocycles. The first kappa shape index (κ1) is 13.8. The van der Waals surface area contributed by atoms with Crippen molar-refractivity contribution in [3.05, 3.63) is 29.1 Å². The monoisotopic (exact) mass is 273 g/mol. The number of alkyl halides is 3. The van der Waals surface area contributed by atoms with Gasteiger partial charge in [0.25, 0.3) is 5.91 Å². The minimum atomic E-state index is -4.48. The second-order valence-corrected chi connectivity index (χ2v) is 4.37. The predicted molar refractivity (Wildman–Crippen MR) is 62.7 cm³/mol.